The third-order valence-corrected chi connectivity index (χ3v) is 3.46. The van der Waals surface area contributed by atoms with Crippen LogP contribution in [0, 0.1) is 0 Å². The van der Waals surface area contributed by atoms with Crippen molar-refractivity contribution in [1.29, 1.82) is 0 Å². The van der Waals surface area contributed by atoms with Gasteiger partial charge in [-0.25, -0.2) is 0 Å². The van der Waals surface area contributed by atoms with Crippen LogP contribution in [0.4, 0.5) is 5.69 Å². The fraction of sp³-hybridized carbons (Fsp3) is 0.133. The summed E-state index contributed by atoms with van der Waals surface area (Å²) in [5, 5.41) is 12.4. The number of aromatic nitrogens is 4. The van der Waals surface area contributed by atoms with E-state index in [1.54, 1.807) is 22.9 Å². The summed E-state index contributed by atoms with van der Waals surface area (Å²) < 4.78 is 1.67. The van der Waals surface area contributed by atoms with Gasteiger partial charge in [-0.05, 0) is 52.7 Å². The van der Waals surface area contributed by atoms with Gasteiger partial charge in [0.05, 0.1) is 5.69 Å². The molecule has 21 heavy (non-hydrogen) atoms. The molecule has 1 heterocycles. The van der Waals surface area contributed by atoms with Crippen molar-refractivity contribution in [3.63, 3.8) is 0 Å². The summed E-state index contributed by atoms with van der Waals surface area (Å²) in [6.45, 7) is 2.12. The molecule has 0 amide bonds. The molecule has 0 unspecified atom stereocenters. The second-order valence-electron chi connectivity index (χ2n) is 4.71. The first-order chi connectivity index (χ1) is 10.2. The highest BCUT2D eigenvalue weighted by molar-refractivity contribution is 6.31. The standard InChI is InChI=1S/C15H14ClN5/c1-2-10-3-5-14(6-4-10)21-15(18-19-20-21)11-7-12(16)9-13(17)8-11/h3-9H,2,17H2,1H3. The Kier molecular flexibility index (Phi) is 3.58. The third-order valence-electron chi connectivity index (χ3n) is 3.24. The number of rotatable bonds is 3. The number of tetrazole rings is 1. The van der Waals surface area contributed by atoms with Crippen molar-refractivity contribution < 1.29 is 0 Å². The van der Waals surface area contributed by atoms with Crippen molar-refractivity contribution in [3.8, 4) is 17.1 Å². The number of hydrogen-bond acceptors (Lipinski definition) is 4. The van der Waals surface area contributed by atoms with E-state index in [0.717, 1.165) is 17.7 Å². The number of benzene rings is 2. The van der Waals surface area contributed by atoms with Crippen LogP contribution in [-0.4, -0.2) is 20.2 Å². The van der Waals surface area contributed by atoms with E-state index in [1.165, 1.54) is 5.56 Å². The Morgan fingerprint density at radius 2 is 1.90 bits per heavy atom. The molecular weight excluding hydrogens is 286 g/mol. The average molecular weight is 300 g/mol. The van der Waals surface area contributed by atoms with Gasteiger partial charge in [-0.1, -0.05) is 30.7 Å². The summed E-state index contributed by atoms with van der Waals surface area (Å²) in [5.41, 5.74) is 9.35. The van der Waals surface area contributed by atoms with Gasteiger partial charge in [0, 0.05) is 16.3 Å². The molecule has 0 saturated heterocycles. The normalized spacial score (nSPS) is 10.8. The first-order valence-corrected chi connectivity index (χ1v) is 6.99. The molecule has 3 aromatic rings. The second kappa shape index (κ2) is 5.54. The molecule has 106 valence electrons. The largest absolute Gasteiger partial charge is 0.399 e. The highest BCUT2D eigenvalue weighted by atomic mass is 35.5. The Morgan fingerprint density at radius 1 is 1.14 bits per heavy atom. The van der Waals surface area contributed by atoms with Crippen LogP contribution in [0.5, 0.6) is 0 Å². The van der Waals surface area contributed by atoms with Crippen LogP contribution in [0.3, 0.4) is 0 Å². The zero-order chi connectivity index (χ0) is 14.8. The average Bonchev–Trinajstić information content (AvgIpc) is 2.96. The maximum atomic E-state index is 6.05. The summed E-state index contributed by atoms with van der Waals surface area (Å²) in [5.74, 6) is 0.605. The first kappa shape index (κ1) is 13.6. The fourth-order valence-electron chi connectivity index (χ4n) is 2.16. The number of halogens is 1. The second-order valence-corrected chi connectivity index (χ2v) is 5.14. The molecule has 0 aliphatic carbocycles. The summed E-state index contributed by atoms with van der Waals surface area (Å²) in [6, 6.07) is 13.4. The zero-order valence-electron chi connectivity index (χ0n) is 11.5. The molecule has 0 aliphatic heterocycles. The lowest BCUT2D eigenvalue weighted by molar-refractivity contribution is 0.791. The number of nitrogen functional groups attached to an aromatic ring is 1. The number of nitrogens with zero attached hydrogens (tertiary/aromatic N) is 4. The molecule has 5 nitrogen and oxygen atoms in total. The molecule has 0 radical (unpaired) electrons. The minimum absolute atomic E-state index is 0.556. The lowest BCUT2D eigenvalue weighted by Crippen LogP contribution is -2.00. The predicted octanol–water partition coefficient (Wildman–Crippen LogP) is 3.13. The molecule has 3 rings (SSSR count). The maximum Gasteiger partial charge on any atom is 0.187 e. The van der Waals surface area contributed by atoms with E-state index < -0.39 is 0 Å². The monoisotopic (exact) mass is 299 g/mol. The minimum Gasteiger partial charge on any atom is -0.399 e. The van der Waals surface area contributed by atoms with Crippen molar-refractivity contribution in [2.24, 2.45) is 0 Å². The lowest BCUT2D eigenvalue weighted by atomic mass is 10.1. The van der Waals surface area contributed by atoms with Crippen LogP contribution < -0.4 is 5.73 Å². The van der Waals surface area contributed by atoms with E-state index in [1.807, 2.05) is 12.1 Å². The summed E-state index contributed by atoms with van der Waals surface area (Å²) in [4.78, 5) is 0. The van der Waals surface area contributed by atoms with E-state index in [4.69, 9.17) is 17.3 Å². The van der Waals surface area contributed by atoms with Crippen LogP contribution in [0.15, 0.2) is 42.5 Å². The Balaban J connectivity index is 2.07. The number of aryl methyl sites for hydroxylation is 1. The summed E-state index contributed by atoms with van der Waals surface area (Å²) in [7, 11) is 0. The molecule has 0 fully saturated rings. The van der Waals surface area contributed by atoms with Gasteiger partial charge in [-0.3, -0.25) is 0 Å². The van der Waals surface area contributed by atoms with Crippen molar-refractivity contribution in [3.05, 3.63) is 53.1 Å². The van der Waals surface area contributed by atoms with Crippen LogP contribution in [0.1, 0.15) is 12.5 Å². The number of anilines is 1. The molecule has 2 aromatic carbocycles. The van der Waals surface area contributed by atoms with Gasteiger partial charge in [-0.2, -0.15) is 4.68 Å². The van der Waals surface area contributed by atoms with Crippen molar-refractivity contribution in [1.82, 2.24) is 20.2 Å². The highest BCUT2D eigenvalue weighted by Gasteiger charge is 2.12. The highest BCUT2D eigenvalue weighted by Crippen LogP contribution is 2.25. The number of nitrogens with two attached hydrogens (primary N) is 1. The third kappa shape index (κ3) is 2.73. The van der Waals surface area contributed by atoms with Crippen LogP contribution in [0.2, 0.25) is 5.02 Å². The van der Waals surface area contributed by atoms with Gasteiger partial charge < -0.3 is 5.73 Å². The van der Waals surface area contributed by atoms with E-state index in [0.29, 0.717) is 16.5 Å². The molecule has 2 N–H and O–H groups in total. The Morgan fingerprint density at radius 3 is 2.57 bits per heavy atom. The van der Waals surface area contributed by atoms with Crippen molar-refractivity contribution in [2.75, 3.05) is 5.73 Å². The van der Waals surface area contributed by atoms with Gasteiger partial charge >= 0.3 is 0 Å². The minimum atomic E-state index is 0.556. The SMILES string of the molecule is CCc1ccc(-n2nnnc2-c2cc(N)cc(Cl)c2)cc1. The fourth-order valence-corrected chi connectivity index (χ4v) is 2.40. The summed E-state index contributed by atoms with van der Waals surface area (Å²) >= 11 is 6.05. The molecule has 0 bridgehead atoms. The van der Waals surface area contributed by atoms with Gasteiger partial charge in [-0.15, -0.1) is 5.10 Å². The van der Waals surface area contributed by atoms with Crippen molar-refractivity contribution >= 4 is 17.3 Å². The predicted molar refractivity (Wildman–Crippen MR) is 83.4 cm³/mol. The van der Waals surface area contributed by atoms with E-state index in [9.17, 15) is 0 Å². The van der Waals surface area contributed by atoms with Gasteiger partial charge in [0.2, 0.25) is 0 Å². The zero-order valence-corrected chi connectivity index (χ0v) is 12.2. The lowest BCUT2D eigenvalue weighted by Gasteiger charge is -2.06. The molecular formula is C15H14ClN5. The van der Waals surface area contributed by atoms with Gasteiger partial charge in [0.1, 0.15) is 0 Å². The smallest absolute Gasteiger partial charge is 0.187 e. The van der Waals surface area contributed by atoms with Crippen LogP contribution in [-0.2, 0) is 6.42 Å². The van der Waals surface area contributed by atoms with E-state index >= 15 is 0 Å². The maximum absolute atomic E-state index is 6.05. The van der Waals surface area contributed by atoms with E-state index in [-0.39, 0.29) is 0 Å². The van der Waals surface area contributed by atoms with Crippen molar-refractivity contribution in [2.45, 2.75) is 13.3 Å². The molecule has 0 spiro atoms. The van der Waals surface area contributed by atoms with Gasteiger partial charge in [0.15, 0.2) is 5.82 Å². The first-order valence-electron chi connectivity index (χ1n) is 6.61. The Hall–Kier alpha value is -2.40. The molecule has 1 aromatic heterocycles. The van der Waals surface area contributed by atoms with Crippen LogP contribution in [0.25, 0.3) is 17.1 Å². The molecule has 0 aliphatic rings. The topological polar surface area (TPSA) is 69.6 Å². The van der Waals surface area contributed by atoms with E-state index in [2.05, 4.69) is 34.6 Å². The Bertz CT molecular complexity index is 744. The van der Waals surface area contributed by atoms with Crippen LogP contribution >= 0.6 is 11.6 Å². The molecule has 0 atom stereocenters. The quantitative estimate of drug-likeness (QED) is 0.754. The van der Waals surface area contributed by atoms with Gasteiger partial charge in [0.25, 0.3) is 0 Å². The summed E-state index contributed by atoms with van der Waals surface area (Å²) in [6.07, 6.45) is 0.994. The molecule has 6 heteroatoms. The molecule has 0 saturated carbocycles. The number of hydrogen-bond donors (Lipinski definition) is 1. The Labute approximate surface area is 127 Å².